The topological polar surface area (TPSA) is 36.0 Å². The third kappa shape index (κ3) is 5.03. The van der Waals surface area contributed by atoms with Crippen molar-refractivity contribution < 1.29 is 9.53 Å². The molecule has 2 aliphatic heterocycles. The lowest BCUT2D eigenvalue weighted by Gasteiger charge is -2.36. The third-order valence-electron chi connectivity index (χ3n) is 6.15. The molecular weight excluding hydrogens is 374 g/mol. The number of carbonyl (C=O) groups is 1. The van der Waals surface area contributed by atoms with Gasteiger partial charge in [-0.1, -0.05) is 36.4 Å². The van der Waals surface area contributed by atoms with E-state index in [4.69, 9.17) is 4.74 Å². The predicted octanol–water partition coefficient (Wildman–Crippen LogP) is 3.52. The molecule has 1 saturated heterocycles. The van der Waals surface area contributed by atoms with Gasteiger partial charge in [0.25, 0.3) is 0 Å². The van der Waals surface area contributed by atoms with E-state index >= 15 is 0 Å². The van der Waals surface area contributed by atoms with Gasteiger partial charge in [0.2, 0.25) is 5.91 Å². The highest BCUT2D eigenvalue weighted by molar-refractivity contribution is 5.76. The van der Waals surface area contributed by atoms with Crippen LogP contribution in [0, 0.1) is 0 Å². The minimum absolute atomic E-state index is 0.280. The van der Waals surface area contributed by atoms with Crippen LogP contribution >= 0.6 is 0 Å². The van der Waals surface area contributed by atoms with Crippen molar-refractivity contribution in [3.8, 4) is 5.75 Å². The lowest BCUT2D eigenvalue weighted by Crippen LogP contribution is -2.49. The van der Waals surface area contributed by atoms with E-state index in [1.807, 2.05) is 17.0 Å². The van der Waals surface area contributed by atoms with E-state index in [1.165, 1.54) is 16.8 Å². The van der Waals surface area contributed by atoms with E-state index in [-0.39, 0.29) is 5.91 Å². The van der Waals surface area contributed by atoms with Crippen molar-refractivity contribution in [1.82, 2.24) is 9.80 Å². The van der Waals surface area contributed by atoms with Crippen molar-refractivity contribution in [3.63, 3.8) is 0 Å². The molecule has 0 N–H and O–H groups in total. The summed E-state index contributed by atoms with van der Waals surface area (Å²) < 4.78 is 5.23. The third-order valence-corrected chi connectivity index (χ3v) is 6.15. The van der Waals surface area contributed by atoms with E-state index in [9.17, 15) is 4.79 Å². The number of hydrogen-bond acceptors (Lipinski definition) is 4. The number of rotatable bonds is 6. The molecule has 0 spiro atoms. The zero-order valence-electron chi connectivity index (χ0n) is 17.8. The molecule has 1 amide bonds. The van der Waals surface area contributed by atoms with Crippen molar-refractivity contribution >= 4 is 17.2 Å². The van der Waals surface area contributed by atoms with Gasteiger partial charge in [0.15, 0.2) is 0 Å². The molecule has 158 valence electrons. The first kappa shape index (κ1) is 20.5. The summed E-state index contributed by atoms with van der Waals surface area (Å²) in [5.41, 5.74) is 3.94. The summed E-state index contributed by atoms with van der Waals surface area (Å²) in [4.78, 5) is 19.4. The number of nitrogens with zero attached hydrogens (tertiary/aromatic N) is 3. The average Bonchev–Trinajstić information content (AvgIpc) is 2.83. The van der Waals surface area contributed by atoms with E-state index in [1.54, 1.807) is 7.11 Å². The van der Waals surface area contributed by atoms with Crippen molar-refractivity contribution in [2.75, 3.05) is 57.8 Å². The summed E-state index contributed by atoms with van der Waals surface area (Å²) in [6, 6.07) is 18.8. The van der Waals surface area contributed by atoms with Gasteiger partial charge in [0.05, 0.1) is 7.11 Å². The largest absolute Gasteiger partial charge is 0.497 e. The zero-order chi connectivity index (χ0) is 20.8. The zero-order valence-corrected chi connectivity index (χ0v) is 17.8. The van der Waals surface area contributed by atoms with Crippen LogP contribution in [-0.4, -0.2) is 68.6 Å². The second-order valence-corrected chi connectivity index (χ2v) is 7.96. The van der Waals surface area contributed by atoms with Crippen LogP contribution in [0.15, 0.2) is 60.7 Å². The maximum absolute atomic E-state index is 12.7. The Morgan fingerprint density at radius 1 is 0.933 bits per heavy atom. The smallest absolute Gasteiger partial charge is 0.223 e. The van der Waals surface area contributed by atoms with E-state index in [0.717, 1.165) is 58.0 Å². The lowest BCUT2D eigenvalue weighted by atomic mass is 9.99. The molecule has 0 radical (unpaired) electrons. The first-order chi connectivity index (χ1) is 14.7. The van der Waals surface area contributed by atoms with Crippen molar-refractivity contribution in [3.05, 3.63) is 66.2 Å². The molecule has 0 atom stereocenters. The van der Waals surface area contributed by atoms with E-state index in [0.29, 0.717) is 6.42 Å². The highest BCUT2D eigenvalue weighted by atomic mass is 16.5. The molecule has 2 heterocycles. The van der Waals surface area contributed by atoms with Gasteiger partial charge in [0.1, 0.15) is 5.75 Å². The Kier molecular flexibility index (Phi) is 6.70. The van der Waals surface area contributed by atoms with Crippen LogP contribution in [0.25, 0.3) is 5.57 Å². The Labute approximate surface area is 179 Å². The molecule has 0 saturated carbocycles. The lowest BCUT2D eigenvalue weighted by molar-refractivity contribution is -0.131. The van der Waals surface area contributed by atoms with Crippen molar-refractivity contribution in [1.29, 1.82) is 0 Å². The Balaban J connectivity index is 1.20. The van der Waals surface area contributed by atoms with Crippen LogP contribution in [0.3, 0.4) is 0 Å². The fraction of sp³-hybridized carbons (Fsp3) is 0.400. The molecular formula is C25H31N3O2. The Morgan fingerprint density at radius 3 is 2.30 bits per heavy atom. The number of benzene rings is 2. The number of hydrogen-bond donors (Lipinski definition) is 0. The molecule has 0 bridgehead atoms. The SMILES string of the molecule is COc1ccc(N2CCN(C(=O)CCN3CC=C(c4ccccc4)CC3)CC2)cc1. The van der Waals surface area contributed by atoms with E-state index in [2.05, 4.69) is 58.3 Å². The predicted molar refractivity (Wildman–Crippen MR) is 122 cm³/mol. The number of piperazine rings is 1. The van der Waals surface area contributed by atoms with Gasteiger partial charge < -0.3 is 14.5 Å². The number of methoxy groups -OCH3 is 1. The van der Waals surface area contributed by atoms with Gasteiger partial charge in [-0.05, 0) is 41.8 Å². The Bertz CT molecular complexity index is 856. The first-order valence-electron chi connectivity index (χ1n) is 10.9. The van der Waals surface area contributed by atoms with Crippen LogP contribution in [0.1, 0.15) is 18.4 Å². The second-order valence-electron chi connectivity index (χ2n) is 7.96. The summed E-state index contributed by atoms with van der Waals surface area (Å²) in [5.74, 6) is 1.15. The maximum Gasteiger partial charge on any atom is 0.223 e. The molecule has 2 aromatic carbocycles. The molecule has 1 fully saturated rings. The van der Waals surface area contributed by atoms with Gasteiger partial charge >= 0.3 is 0 Å². The maximum atomic E-state index is 12.7. The highest BCUT2D eigenvalue weighted by Gasteiger charge is 2.22. The normalized spacial score (nSPS) is 17.6. The summed E-state index contributed by atoms with van der Waals surface area (Å²) >= 11 is 0. The fourth-order valence-corrected chi connectivity index (χ4v) is 4.25. The number of carbonyl (C=O) groups excluding carboxylic acids is 1. The van der Waals surface area contributed by atoms with Gasteiger partial charge in [0, 0.05) is 57.9 Å². The van der Waals surface area contributed by atoms with Crippen LogP contribution in [0.4, 0.5) is 5.69 Å². The molecule has 30 heavy (non-hydrogen) atoms. The van der Waals surface area contributed by atoms with Crippen molar-refractivity contribution in [2.24, 2.45) is 0 Å². The van der Waals surface area contributed by atoms with Gasteiger partial charge in [-0.2, -0.15) is 0 Å². The molecule has 4 rings (SSSR count). The molecule has 2 aromatic rings. The number of amides is 1. The quantitative estimate of drug-likeness (QED) is 0.737. The molecule has 0 aliphatic carbocycles. The van der Waals surface area contributed by atoms with Gasteiger partial charge in [-0.15, -0.1) is 0 Å². The number of anilines is 1. The van der Waals surface area contributed by atoms with Crippen LogP contribution in [-0.2, 0) is 4.79 Å². The second kappa shape index (κ2) is 9.81. The molecule has 0 unspecified atom stereocenters. The molecule has 0 aromatic heterocycles. The van der Waals surface area contributed by atoms with Crippen molar-refractivity contribution in [2.45, 2.75) is 12.8 Å². The summed E-state index contributed by atoms with van der Waals surface area (Å²) in [6.45, 7) is 6.15. The summed E-state index contributed by atoms with van der Waals surface area (Å²) in [7, 11) is 1.68. The monoisotopic (exact) mass is 405 g/mol. The minimum Gasteiger partial charge on any atom is -0.497 e. The van der Waals surface area contributed by atoms with Crippen LogP contribution in [0.5, 0.6) is 5.75 Å². The van der Waals surface area contributed by atoms with Gasteiger partial charge in [-0.3, -0.25) is 9.69 Å². The Hall–Kier alpha value is -2.79. The first-order valence-corrected chi connectivity index (χ1v) is 10.9. The van der Waals surface area contributed by atoms with Crippen LogP contribution < -0.4 is 9.64 Å². The molecule has 5 nitrogen and oxygen atoms in total. The van der Waals surface area contributed by atoms with E-state index < -0.39 is 0 Å². The minimum atomic E-state index is 0.280. The summed E-state index contributed by atoms with van der Waals surface area (Å²) in [6.07, 6.45) is 3.98. The van der Waals surface area contributed by atoms with Gasteiger partial charge in [-0.25, -0.2) is 0 Å². The number of ether oxygens (including phenoxy) is 1. The molecule has 2 aliphatic rings. The Morgan fingerprint density at radius 2 is 1.67 bits per heavy atom. The molecule has 5 heteroatoms. The fourth-order valence-electron chi connectivity index (χ4n) is 4.25. The average molecular weight is 406 g/mol. The standard InChI is InChI=1S/C25H31N3O2/c1-30-24-9-7-23(8-10-24)27-17-19-28(20-18-27)25(29)13-16-26-14-11-22(12-15-26)21-5-3-2-4-6-21/h2-11H,12-20H2,1H3. The highest BCUT2D eigenvalue weighted by Crippen LogP contribution is 2.23. The summed E-state index contributed by atoms with van der Waals surface area (Å²) in [5, 5.41) is 0. The van der Waals surface area contributed by atoms with Crippen LogP contribution in [0.2, 0.25) is 0 Å².